The summed E-state index contributed by atoms with van der Waals surface area (Å²) in [5, 5.41) is 10.9. The summed E-state index contributed by atoms with van der Waals surface area (Å²) in [6, 6.07) is 13.2. The number of carbonyl (C=O) groups excluding carboxylic acids is 1. The fourth-order valence-electron chi connectivity index (χ4n) is 2.20. The van der Waals surface area contributed by atoms with E-state index in [9.17, 15) is 18.0 Å². The van der Waals surface area contributed by atoms with E-state index in [0.717, 1.165) is 12.1 Å². The first-order valence-corrected chi connectivity index (χ1v) is 7.32. The molecule has 0 saturated heterocycles. The lowest BCUT2D eigenvalue weighted by molar-refractivity contribution is -0.137. The number of aromatic nitrogens is 3. The molecule has 3 aromatic rings. The minimum absolute atomic E-state index is 0.101. The molecule has 0 saturated carbocycles. The van der Waals surface area contributed by atoms with E-state index in [2.05, 4.69) is 15.5 Å². The van der Waals surface area contributed by atoms with Crippen molar-refractivity contribution in [2.75, 3.05) is 5.32 Å². The number of halogens is 3. The summed E-state index contributed by atoms with van der Waals surface area (Å²) in [6.45, 7) is 1.63. The summed E-state index contributed by atoms with van der Waals surface area (Å²) in [5.41, 5.74) is 0.666. The maximum Gasteiger partial charge on any atom is 0.416 e. The molecule has 0 aliphatic heterocycles. The van der Waals surface area contributed by atoms with Crippen LogP contribution in [0.1, 0.15) is 21.7 Å². The van der Waals surface area contributed by atoms with E-state index in [1.807, 2.05) is 18.2 Å². The van der Waals surface area contributed by atoms with E-state index in [1.54, 1.807) is 19.1 Å². The van der Waals surface area contributed by atoms with Gasteiger partial charge in [0.25, 0.3) is 5.91 Å². The third-order valence-corrected chi connectivity index (χ3v) is 3.45. The van der Waals surface area contributed by atoms with Crippen LogP contribution in [0.3, 0.4) is 0 Å². The molecule has 0 atom stereocenters. The van der Waals surface area contributed by atoms with Gasteiger partial charge in [-0.2, -0.15) is 23.1 Å². The number of benzene rings is 2. The Morgan fingerprint density at radius 1 is 1.00 bits per heavy atom. The lowest BCUT2D eigenvalue weighted by Gasteiger charge is -2.08. The standard InChI is InChI=1S/C17H13F3N4O/c1-11-15(23-24(22-11)14-5-3-2-4-6-14)16(25)21-13-9-7-12(8-10-13)17(18,19)20/h2-10H,1H3,(H,21,25). The monoisotopic (exact) mass is 346 g/mol. The predicted octanol–water partition coefficient (Wildman–Crippen LogP) is 3.85. The molecule has 1 N–H and O–H groups in total. The van der Waals surface area contributed by atoms with Crippen molar-refractivity contribution in [2.45, 2.75) is 13.1 Å². The van der Waals surface area contributed by atoms with Crippen molar-refractivity contribution in [1.82, 2.24) is 15.0 Å². The molecule has 0 unspecified atom stereocenters. The zero-order chi connectivity index (χ0) is 18.0. The molecule has 0 fully saturated rings. The number of aryl methyl sites for hydroxylation is 1. The van der Waals surface area contributed by atoms with Crippen LogP contribution in [0, 0.1) is 6.92 Å². The number of para-hydroxylation sites is 1. The molecule has 3 rings (SSSR count). The molecule has 1 amide bonds. The van der Waals surface area contributed by atoms with Gasteiger partial charge in [-0.25, -0.2) is 0 Å². The molecule has 0 radical (unpaired) electrons. The first-order chi connectivity index (χ1) is 11.8. The molecular formula is C17H13F3N4O. The van der Waals surface area contributed by atoms with Crippen LogP contribution in [0.15, 0.2) is 54.6 Å². The highest BCUT2D eigenvalue weighted by molar-refractivity contribution is 6.03. The van der Waals surface area contributed by atoms with Gasteiger partial charge in [0.05, 0.1) is 16.9 Å². The maximum absolute atomic E-state index is 12.6. The number of nitrogens with one attached hydrogen (secondary N) is 1. The van der Waals surface area contributed by atoms with E-state index < -0.39 is 17.6 Å². The molecule has 0 spiro atoms. The van der Waals surface area contributed by atoms with Gasteiger partial charge in [-0.15, -0.1) is 5.10 Å². The Morgan fingerprint density at radius 2 is 1.64 bits per heavy atom. The number of alkyl halides is 3. The second kappa shape index (κ2) is 6.39. The second-order valence-corrected chi connectivity index (χ2v) is 5.29. The third kappa shape index (κ3) is 3.68. The molecule has 5 nitrogen and oxygen atoms in total. The smallest absolute Gasteiger partial charge is 0.321 e. The Kier molecular flexibility index (Phi) is 4.26. The van der Waals surface area contributed by atoms with E-state index in [0.29, 0.717) is 11.4 Å². The maximum atomic E-state index is 12.6. The number of carbonyl (C=O) groups is 1. The Bertz CT molecular complexity index is 887. The topological polar surface area (TPSA) is 59.8 Å². The average molecular weight is 346 g/mol. The largest absolute Gasteiger partial charge is 0.416 e. The van der Waals surface area contributed by atoms with Crippen LogP contribution in [0.4, 0.5) is 18.9 Å². The van der Waals surface area contributed by atoms with Crippen LogP contribution in [0.5, 0.6) is 0 Å². The summed E-state index contributed by atoms with van der Waals surface area (Å²) in [6.07, 6.45) is -4.42. The summed E-state index contributed by atoms with van der Waals surface area (Å²) in [4.78, 5) is 13.6. The van der Waals surface area contributed by atoms with Crippen molar-refractivity contribution >= 4 is 11.6 Å². The zero-order valence-corrected chi connectivity index (χ0v) is 13.1. The molecule has 0 aliphatic carbocycles. The molecule has 128 valence electrons. The van der Waals surface area contributed by atoms with Crippen molar-refractivity contribution < 1.29 is 18.0 Å². The summed E-state index contributed by atoms with van der Waals surface area (Å²) < 4.78 is 37.7. The van der Waals surface area contributed by atoms with Gasteiger partial charge >= 0.3 is 6.18 Å². The second-order valence-electron chi connectivity index (χ2n) is 5.29. The van der Waals surface area contributed by atoms with Crippen LogP contribution in [0.2, 0.25) is 0 Å². The first kappa shape index (κ1) is 16.7. The Morgan fingerprint density at radius 3 is 2.24 bits per heavy atom. The molecule has 25 heavy (non-hydrogen) atoms. The van der Waals surface area contributed by atoms with E-state index in [-0.39, 0.29) is 11.4 Å². The molecular weight excluding hydrogens is 333 g/mol. The number of anilines is 1. The van der Waals surface area contributed by atoms with Crippen molar-refractivity contribution in [3.05, 3.63) is 71.5 Å². The normalized spacial score (nSPS) is 11.4. The Balaban J connectivity index is 1.79. The number of amides is 1. The fraction of sp³-hybridized carbons (Fsp3) is 0.118. The van der Waals surface area contributed by atoms with Crippen molar-refractivity contribution in [2.24, 2.45) is 0 Å². The third-order valence-electron chi connectivity index (χ3n) is 3.45. The SMILES string of the molecule is Cc1nn(-c2ccccc2)nc1C(=O)Nc1ccc(C(F)(F)F)cc1. The van der Waals surface area contributed by atoms with Gasteiger partial charge in [0.2, 0.25) is 0 Å². The molecule has 1 heterocycles. The summed E-state index contributed by atoms with van der Waals surface area (Å²) >= 11 is 0. The summed E-state index contributed by atoms with van der Waals surface area (Å²) in [7, 11) is 0. The molecule has 0 aliphatic rings. The van der Waals surface area contributed by atoms with Gasteiger partial charge in [-0.3, -0.25) is 4.79 Å². The van der Waals surface area contributed by atoms with E-state index in [4.69, 9.17) is 0 Å². The van der Waals surface area contributed by atoms with Gasteiger partial charge in [-0.1, -0.05) is 18.2 Å². The number of hydrogen-bond acceptors (Lipinski definition) is 3. The van der Waals surface area contributed by atoms with Crippen molar-refractivity contribution in [3.8, 4) is 5.69 Å². The first-order valence-electron chi connectivity index (χ1n) is 7.32. The van der Waals surface area contributed by atoms with Crippen LogP contribution in [0.25, 0.3) is 5.69 Å². The van der Waals surface area contributed by atoms with E-state index >= 15 is 0 Å². The quantitative estimate of drug-likeness (QED) is 0.784. The summed E-state index contributed by atoms with van der Waals surface area (Å²) in [5.74, 6) is -0.542. The minimum atomic E-state index is -4.42. The lowest BCUT2D eigenvalue weighted by atomic mass is 10.2. The fourth-order valence-corrected chi connectivity index (χ4v) is 2.20. The van der Waals surface area contributed by atoms with Crippen molar-refractivity contribution in [1.29, 1.82) is 0 Å². The van der Waals surface area contributed by atoms with Gasteiger partial charge in [0.1, 0.15) is 0 Å². The molecule has 2 aromatic carbocycles. The van der Waals surface area contributed by atoms with Crippen LogP contribution in [-0.4, -0.2) is 20.9 Å². The zero-order valence-electron chi connectivity index (χ0n) is 13.1. The number of rotatable bonds is 3. The highest BCUT2D eigenvalue weighted by Gasteiger charge is 2.30. The molecule has 1 aromatic heterocycles. The predicted molar refractivity (Wildman–Crippen MR) is 85.5 cm³/mol. The molecule has 0 bridgehead atoms. The van der Waals surface area contributed by atoms with Crippen LogP contribution in [-0.2, 0) is 6.18 Å². The van der Waals surface area contributed by atoms with Crippen LogP contribution >= 0.6 is 0 Å². The van der Waals surface area contributed by atoms with E-state index in [1.165, 1.54) is 16.9 Å². The Labute approximate surface area is 141 Å². The van der Waals surface area contributed by atoms with Gasteiger partial charge in [0.15, 0.2) is 5.69 Å². The Hall–Kier alpha value is -3.16. The number of hydrogen-bond donors (Lipinski definition) is 1. The van der Waals surface area contributed by atoms with Gasteiger partial charge in [-0.05, 0) is 43.3 Å². The van der Waals surface area contributed by atoms with Crippen LogP contribution < -0.4 is 5.32 Å². The van der Waals surface area contributed by atoms with Gasteiger partial charge in [0, 0.05) is 5.69 Å². The minimum Gasteiger partial charge on any atom is -0.321 e. The highest BCUT2D eigenvalue weighted by atomic mass is 19.4. The number of nitrogens with zero attached hydrogens (tertiary/aromatic N) is 3. The lowest BCUT2D eigenvalue weighted by Crippen LogP contribution is -2.14. The highest BCUT2D eigenvalue weighted by Crippen LogP contribution is 2.29. The van der Waals surface area contributed by atoms with Crippen molar-refractivity contribution in [3.63, 3.8) is 0 Å². The average Bonchev–Trinajstić information content (AvgIpc) is 2.97. The van der Waals surface area contributed by atoms with Gasteiger partial charge < -0.3 is 5.32 Å². The molecule has 8 heteroatoms.